The minimum Gasteiger partial charge on any atom is -0.497 e. The number of ether oxygens (including phenoxy) is 1. The lowest BCUT2D eigenvalue weighted by Crippen LogP contribution is -2.14. The van der Waals surface area contributed by atoms with Gasteiger partial charge in [0.05, 0.1) is 12.6 Å². The second-order valence-corrected chi connectivity index (χ2v) is 6.36. The number of methoxy groups -OCH3 is 1. The predicted octanol–water partition coefficient (Wildman–Crippen LogP) is 3.72. The van der Waals surface area contributed by atoms with Crippen LogP contribution >= 0.6 is 0 Å². The molecule has 0 aliphatic rings. The van der Waals surface area contributed by atoms with Gasteiger partial charge in [0, 0.05) is 23.1 Å². The molecule has 5 nitrogen and oxygen atoms in total. The van der Waals surface area contributed by atoms with Crippen LogP contribution in [0.1, 0.15) is 23.1 Å². The Kier molecular flexibility index (Phi) is 5.07. The summed E-state index contributed by atoms with van der Waals surface area (Å²) >= 11 is 0. The minimum atomic E-state index is -0.0991. The Labute approximate surface area is 152 Å². The zero-order chi connectivity index (χ0) is 18.7. The molecule has 1 aromatic heterocycles. The third-order valence-electron chi connectivity index (χ3n) is 4.66. The number of benzene rings is 2. The van der Waals surface area contributed by atoms with E-state index in [9.17, 15) is 9.59 Å². The van der Waals surface area contributed by atoms with Gasteiger partial charge in [0.25, 0.3) is 5.56 Å². The molecule has 3 aromatic rings. The fourth-order valence-electron chi connectivity index (χ4n) is 2.91. The number of carbonyl (C=O) groups is 1. The Hall–Kier alpha value is -3.08. The summed E-state index contributed by atoms with van der Waals surface area (Å²) in [7, 11) is 1.63. The molecular weight excluding hydrogens is 328 g/mol. The van der Waals surface area contributed by atoms with Gasteiger partial charge < -0.3 is 15.0 Å². The van der Waals surface area contributed by atoms with E-state index in [4.69, 9.17) is 4.74 Å². The van der Waals surface area contributed by atoms with Crippen molar-refractivity contribution >= 4 is 22.5 Å². The number of rotatable bonds is 5. The zero-order valence-corrected chi connectivity index (χ0v) is 15.2. The van der Waals surface area contributed by atoms with Crippen molar-refractivity contribution < 1.29 is 9.53 Å². The number of pyridine rings is 1. The molecule has 26 heavy (non-hydrogen) atoms. The lowest BCUT2D eigenvalue weighted by atomic mass is 10.1. The second kappa shape index (κ2) is 7.44. The number of aromatic nitrogens is 1. The van der Waals surface area contributed by atoms with Crippen molar-refractivity contribution in [3.8, 4) is 5.75 Å². The van der Waals surface area contributed by atoms with E-state index in [0.717, 1.165) is 27.8 Å². The van der Waals surface area contributed by atoms with Crippen molar-refractivity contribution in [2.45, 2.75) is 26.7 Å². The van der Waals surface area contributed by atoms with Gasteiger partial charge in [0.1, 0.15) is 5.75 Å². The second-order valence-electron chi connectivity index (χ2n) is 6.36. The Balaban J connectivity index is 1.68. The summed E-state index contributed by atoms with van der Waals surface area (Å²) in [4.78, 5) is 27.0. The van der Waals surface area contributed by atoms with E-state index in [1.54, 1.807) is 13.2 Å². The van der Waals surface area contributed by atoms with Gasteiger partial charge in [0.15, 0.2) is 0 Å². The quantitative estimate of drug-likeness (QED) is 0.737. The lowest BCUT2D eigenvalue weighted by molar-refractivity contribution is -0.116. The average molecular weight is 350 g/mol. The number of amides is 1. The van der Waals surface area contributed by atoms with Gasteiger partial charge in [-0.25, -0.2) is 0 Å². The third-order valence-corrected chi connectivity index (χ3v) is 4.66. The van der Waals surface area contributed by atoms with Crippen LogP contribution in [-0.4, -0.2) is 18.0 Å². The van der Waals surface area contributed by atoms with Crippen LogP contribution in [-0.2, 0) is 11.2 Å². The molecule has 0 radical (unpaired) electrons. The van der Waals surface area contributed by atoms with Crippen molar-refractivity contribution in [2.75, 3.05) is 12.4 Å². The first-order valence-corrected chi connectivity index (χ1v) is 8.54. The molecular formula is C21H22N2O3. The van der Waals surface area contributed by atoms with Gasteiger partial charge in [-0.1, -0.05) is 18.2 Å². The van der Waals surface area contributed by atoms with E-state index < -0.39 is 0 Å². The highest BCUT2D eigenvalue weighted by atomic mass is 16.5. The smallest absolute Gasteiger partial charge is 0.251 e. The normalized spacial score (nSPS) is 10.7. The summed E-state index contributed by atoms with van der Waals surface area (Å²) in [5, 5.41) is 3.88. The molecule has 2 aromatic carbocycles. The highest BCUT2D eigenvalue weighted by Crippen LogP contribution is 2.21. The molecule has 3 rings (SSSR count). The van der Waals surface area contributed by atoms with Crippen molar-refractivity contribution in [2.24, 2.45) is 0 Å². The predicted molar refractivity (Wildman–Crippen MR) is 104 cm³/mol. The maximum Gasteiger partial charge on any atom is 0.251 e. The van der Waals surface area contributed by atoms with E-state index in [0.29, 0.717) is 24.1 Å². The van der Waals surface area contributed by atoms with Gasteiger partial charge in [0.2, 0.25) is 5.91 Å². The molecule has 0 saturated heterocycles. The molecule has 0 aliphatic heterocycles. The van der Waals surface area contributed by atoms with Crippen LogP contribution in [0, 0.1) is 13.8 Å². The summed E-state index contributed by atoms with van der Waals surface area (Å²) in [6, 6.07) is 13.3. The van der Waals surface area contributed by atoms with Crippen LogP contribution in [0.4, 0.5) is 5.69 Å². The molecule has 134 valence electrons. The number of carbonyl (C=O) groups excluding carboxylic acids is 1. The number of hydrogen-bond donors (Lipinski definition) is 2. The third kappa shape index (κ3) is 3.77. The highest BCUT2D eigenvalue weighted by Gasteiger charge is 2.08. The standard InChI is InChI=1S/C21H22N2O3/c1-13-14(2)21(25)23-19-12-16(7-10-18(13)19)22-20(24)11-6-15-4-8-17(26-3)9-5-15/h4-5,7-10,12H,6,11H2,1-3H3,(H,22,24)(H,23,25). The lowest BCUT2D eigenvalue weighted by Gasteiger charge is -2.09. The van der Waals surface area contributed by atoms with Gasteiger partial charge in [-0.05, 0) is 55.7 Å². The summed E-state index contributed by atoms with van der Waals surface area (Å²) < 4.78 is 5.13. The zero-order valence-electron chi connectivity index (χ0n) is 15.2. The van der Waals surface area contributed by atoms with E-state index in [1.165, 1.54) is 0 Å². The van der Waals surface area contributed by atoms with Crippen LogP contribution < -0.4 is 15.6 Å². The van der Waals surface area contributed by atoms with E-state index in [-0.39, 0.29) is 11.5 Å². The molecule has 0 fully saturated rings. The summed E-state index contributed by atoms with van der Waals surface area (Å²) in [6.07, 6.45) is 1.03. The molecule has 1 heterocycles. The van der Waals surface area contributed by atoms with Crippen molar-refractivity contribution in [1.29, 1.82) is 0 Å². The topological polar surface area (TPSA) is 71.2 Å². The number of fused-ring (bicyclic) bond motifs is 1. The fourth-order valence-corrected chi connectivity index (χ4v) is 2.91. The monoisotopic (exact) mass is 350 g/mol. The number of anilines is 1. The van der Waals surface area contributed by atoms with Gasteiger partial charge in [-0.3, -0.25) is 9.59 Å². The number of nitrogens with one attached hydrogen (secondary N) is 2. The largest absolute Gasteiger partial charge is 0.497 e. The molecule has 0 spiro atoms. The number of aryl methyl sites for hydroxylation is 2. The SMILES string of the molecule is COc1ccc(CCC(=O)Nc2ccc3c(C)c(C)c(=O)[nH]c3c2)cc1. The van der Waals surface area contributed by atoms with E-state index in [2.05, 4.69) is 10.3 Å². The molecule has 1 amide bonds. The number of aromatic amines is 1. The number of hydrogen-bond acceptors (Lipinski definition) is 3. The maximum atomic E-state index is 12.2. The Morgan fingerprint density at radius 2 is 1.81 bits per heavy atom. The molecule has 0 saturated carbocycles. The Morgan fingerprint density at radius 3 is 2.50 bits per heavy atom. The Morgan fingerprint density at radius 1 is 1.08 bits per heavy atom. The van der Waals surface area contributed by atoms with Crippen molar-refractivity contribution in [3.63, 3.8) is 0 Å². The van der Waals surface area contributed by atoms with Crippen LogP contribution in [0.2, 0.25) is 0 Å². The van der Waals surface area contributed by atoms with Crippen LogP contribution in [0.3, 0.4) is 0 Å². The fraction of sp³-hybridized carbons (Fsp3) is 0.238. The molecule has 0 atom stereocenters. The molecule has 5 heteroatoms. The van der Waals surface area contributed by atoms with Gasteiger partial charge in [-0.2, -0.15) is 0 Å². The van der Waals surface area contributed by atoms with Gasteiger partial charge in [-0.15, -0.1) is 0 Å². The van der Waals surface area contributed by atoms with Crippen molar-refractivity contribution in [1.82, 2.24) is 4.98 Å². The van der Waals surface area contributed by atoms with Crippen molar-refractivity contribution in [3.05, 3.63) is 69.5 Å². The number of H-pyrrole nitrogens is 1. The first kappa shape index (κ1) is 17.7. The molecule has 0 bridgehead atoms. The van der Waals surface area contributed by atoms with Gasteiger partial charge >= 0.3 is 0 Å². The Bertz CT molecular complexity index is 1000. The summed E-state index contributed by atoms with van der Waals surface area (Å²) in [6.45, 7) is 3.74. The van der Waals surface area contributed by atoms with Crippen LogP contribution in [0.25, 0.3) is 10.9 Å². The van der Waals surface area contributed by atoms with Crippen LogP contribution in [0.15, 0.2) is 47.3 Å². The van der Waals surface area contributed by atoms with E-state index in [1.807, 2.05) is 50.2 Å². The molecule has 0 unspecified atom stereocenters. The first-order valence-electron chi connectivity index (χ1n) is 8.54. The highest BCUT2D eigenvalue weighted by molar-refractivity contribution is 5.94. The van der Waals surface area contributed by atoms with Crippen LogP contribution in [0.5, 0.6) is 5.75 Å². The van der Waals surface area contributed by atoms with E-state index >= 15 is 0 Å². The maximum absolute atomic E-state index is 12.2. The molecule has 0 aliphatic carbocycles. The minimum absolute atomic E-state index is 0.0636. The average Bonchev–Trinajstić information content (AvgIpc) is 2.65. The summed E-state index contributed by atoms with van der Waals surface area (Å²) in [5.41, 5.74) is 4.06. The first-order chi connectivity index (χ1) is 12.5. The molecule has 2 N–H and O–H groups in total. The summed E-state index contributed by atoms with van der Waals surface area (Å²) in [5.74, 6) is 0.736.